The molecular weight excluding hydrogens is 1430 g/mol. The van der Waals surface area contributed by atoms with E-state index >= 15 is 0 Å². The highest BCUT2D eigenvalue weighted by atomic mass is 32.2. The van der Waals surface area contributed by atoms with Gasteiger partial charge in [-0.3, -0.25) is 4.79 Å². The van der Waals surface area contributed by atoms with Crippen LogP contribution < -0.4 is 21.9 Å². The quantitative estimate of drug-likeness (QED) is 0.0463. The van der Waals surface area contributed by atoms with Crippen molar-refractivity contribution in [2.24, 2.45) is 0 Å². The molecule has 528 valence electrons. The lowest BCUT2D eigenvalue weighted by Gasteiger charge is -2.46. The normalized spacial score (nSPS) is 13.2. The van der Waals surface area contributed by atoms with E-state index in [0.717, 1.165) is 5.56 Å². The molecule has 0 aliphatic carbocycles. The van der Waals surface area contributed by atoms with Gasteiger partial charge in [0.05, 0.1) is 55.4 Å². The number of fused-ring (bicyclic) bond motifs is 6. The van der Waals surface area contributed by atoms with Gasteiger partial charge >= 0.3 is 49.4 Å². The highest BCUT2D eigenvalue weighted by molar-refractivity contribution is 7.98. The zero-order chi connectivity index (χ0) is 74.5. The van der Waals surface area contributed by atoms with Crippen LogP contribution >= 0.6 is 0 Å². The van der Waals surface area contributed by atoms with E-state index in [1.165, 1.54) is 74.4 Å². The molecule has 0 unspecified atom stereocenters. The van der Waals surface area contributed by atoms with Gasteiger partial charge in [-0.15, -0.1) is 0 Å². The van der Waals surface area contributed by atoms with Gasteiger partial charge in [0.2, 0.25) is 5.78 Å². The molecule has 0 radical (unpaired) electrons. The molecule has 0 N–H and O–H groups in total. The zero-order valence-corrected chi connectivity index (χ0v) is 52.5. The van der Waals surface area contributed by atoms with Crippen molar-refractivity contribution in [1.29, 1.82) is 0 Å². The molecule has 0 saturated carbocycles. The number of Topliss-reactive ketones (excluding diaryl/α,β-unsaturated/α-hetero) is 1. The van der Waals surface area contributed by atoms with Crippen LogP contribution in [-0.2, 0) is 60.3 Å². The molecule has 0 saturated heterocycles. The van der Waals surface area contributed by atoms with Crippen molar-refractivity contribution in [1.82, 2.24) is 0 Å². The molecule has 13 rings (SSSR count). The summed E-state index contributed by atoms with van der Waals surface area (Å²) < 4.78 is 341. The summed E-state index contributed by atoms with van der Waals surface area (Å²) in [7, 11) is -0.615. The highest BCUT2D eigenvalue weighted by Crippen LogP contribution is 2.47. The Hall–Kier alpha value is -10.2. The van der Waals surface area contributed by atoms with Crippen LogP contribution in [-0.4, -0.2) is 17.7 Å². The number of ketones is 1. The smallest absolute Gasteiger partial charge is 0.289 e. The topological polar surface area (TPSA) is 17.1 Å². The van der Waals surface area contributed by atoms with E-state index in [2.05, 4.69) is 133 Å². The van der Waals surface area contributed by atoms with E-state index in [1.54, 1.807) is 0 Å². The molecule has 0 aliphatic rings. The number of hydrogen-bond donors (Lipinski definition) is 0. The number of hydrogen-bond acceptors (Lipinski definition) is 1. The molecule has 0 fully saturated rings. The second-order valence-electron chi connectivity index (χ2n) is 24.2. The lowest BCUT2D eigenvalue weighted by atomic mass is 9.12. The fourth-order valence-electron chi connectivity index (χ4n) is 13.1. The molecule has 103 heavy (non-hydrogen) atoms. The first kappa shape index (κ1) is 72.6. The molecule has 13 aromatic carbocycles. The molecule has 27 heteroatoms. The van der Waals surface area contributed by atoms with Crippen LogP contribution in [0.3, 0.4) is 0 Å². The second kappa shape index (κ2) is 26.0. The SMILES string of the molecule is FC(F)(F)c1cc([B-](c2cc(C(F)(F)F)cc(C(F)(F)F)c2)(c2cc(C(F)(F)F)cc(C(F)(F)F)c2)c2cc(C(F)(F)F)cc(C(F)(F)F)c2)cc(C(F)(F)F)c1.O=C(C[S+](c1c2ccccc2cc2cc3ccccc3cc12)c1c2ccccc2cc2cc3ccccc3cc12)c1ccccc1. The van der Waals surface area contributed by atoms with E-state index in [9.17, 15) is 110 Å². The monoisotopic (exact) mass is 1470 g/mol. The third-order valence-electron chi connectivity index (χ3n) is 17.7. The van der Waals surface area contributed by atoms with Crippen LogP contribution in [0.4, 0.5) is 105 Å². The first-order chi connectivity index (χ1) is 48.0. The van der Waals surface area contributed by atoms with Crippen LogP contribution in [0, 0.1) is 0 Å². The minimum atomic E-state index is -6.13. The fourth-order valence-corrected chi connectivity index (χ4v) is 15.8. The van der Waals surface area contributed by atoms with Crippen LogP contribution in [0.1, 0.15) is 54.9 Å². The Morgan fingerprint density at radius 1 is 0.243 bits per heavy atom. The molecule has 0 bridgehead atoms. The van der Waals surface area contributed by atoms with Gasteiger partial charge in [-0.05, 0) is 116 Å². The Kier molecular flexibility index (Phi) is 18.3. The van der Waals surface area contributed by atoms with E-state index in [-0.39, 0.29) is 5.78 Å². The average Bonchev–Trinajstić information content (AvgIpc) is 0.710. The minimum Gasteiger partial charge on any atom is -0.289 e. The van der Waals surface area contributed by atoms with Crippen LogP contribution in [0.15, 0.2) is 246 Å². The number of benzene rings is 13. The largest absolute Gasteiger partial charge is 0.416 e. The first-order valence-corrected chi connectivity index (χ1v) is 31.7. The highest BCUT2D eigenvalue weighted by Gasteiger charge is 2.48. The van der Waals surface area contributed by atoms with E-state index in [1.807, 2.05) is 30.3 Å². The van der Waals surface area contributed by atoms with Crippen molar-refractivity contribution in [2.75, 3.05) is 5.75 Å². The summed E-state index contributed by atoms with van der Waals surface area (Å²) in [5.41, 5.74) is -29.4. The maximum Gasteiger partial charge on any atom is 0.416 e. The van der Waals surface area contributed by atoms with Crippen LogP contribution in [0.2, 0.25) is 0 Å². The Morgan fingerprint density at radius 3 is 0.728 bits per heavy atom. The lowest BCUT2D eigenvalue weighted by molar-refractivity contribution is -0.144. The summed E-state index contributed by atoms with van der Waals surface area (Å²) in [5.74, 6) is 0.545. The number of alkyl halides is 24. The Balaban J connectivity index is 0.000000197. The Morgan fingerprint density at radius 2 is 0.466 bits per heavy atom. The van der Waals surface area contributed by atoms with Gasteiger partial charge in [-0.2, -0.15) is 127 Å². The van der Waals surface area contributed by atoms with Crippen molar-refractivity contribution in [3.8, 4) is 0 Å². The zero-order valence-electron chi connectivity index (χ0n) is 51.7. The van der Waals surface area contributed by atoms with Gasteiger partial charge in [0, 0.05) is 27.1 Å². The van der Waals surface area contributed by atoms with Crippen molar-refractivity contribution in [3.63, 3.8) is 0 Å². The maximum atomic E-state index is 14.4. The van der Waals surface area contributed by atoms with Gasteiger partial charge in [0.15, 0.2) is 15.5 Å². The standard InChI is InChI=1S/C44H29OS.C32H12BF24/c45-42(29-12-2-1-3-13-29)28-46(43-38-20-10-8-18-34(38)24-36-22-30-14-4-6-16-32(30)26-40(36)43)44-39-21-11-9-19-35(39)25-37-23-31-15-5-7-17-33(31)27-41(37)44;34-25(35,36)13-1-14(26(37,38)39)6-21(5-13)33(22-7-15(27(40,41)42)2-16(8-22)28(43,44)45,23-9-17(29(46,47)48)3-18(10-23)30(49,50)51)24-11-19(31(52,53)54)4-20(12-24)32(55,56)57/h1-27H,28H2;1-12H/q+1;-1. The molecule has 0 amide bonds. The third-order valence-corrected chi connectivity index (χ3v) is 20.1. The molecule has 13 aromatic rings. The van der Waals surface area contributed by atoms with Gasteiger partial charge in [-0.25, -0.2) is 0 Å². The first-order valence-electron chi connectivity index (χ1n) is 30.3. The van der Waals surface area contributed by atoms with Gasteiger partial charge in [0.25, 0.3) is 0 Å². The van der Waals surface area contributed by atoms with Crippen molar-refractivity contribution < 1.29 is 110 Å². The summed E-state index contributed by atoms with van der Waals surface area (Å²) >= 11 is 0. The fraction of sp³-hybridized carbons (Fsp3) is 0.118. The third kappa shape index (κ3) is 14.5. The molecule has 0 atom stereocenters. The summed E-state index contributed by atoms with van der Waals surface area (Å²) in [4.78, 5) is 16.9. The van der Waals surface area contributed by atoms with Crippen molar-refractivity contribution >= 4 is 109 Å². The molecule has 0 heterocycles. The predicted molar refractivity (Wildman–Crippen MR) is 348 cm³/mol. The predicted octanol–water partition coefficient (Wildman–Crippen LogP) is 22.7. The summed E-state index contributed by atoms with van der Waals surface area (Å²) in [6.07, 6.45) is -54.8. The summed E-state index contributed by atoms with van der Waals surface area (Å²) in [5, 5.41) is 14.5. The van der Waals surface area contributed by atoms with Crippen LogP contribution in [0.25, 0.3) is 64.6 Å². The summed E-state index contributed by atoms with van der Waals surface area (Å²) in [6.45, 7) is 0. The van der Waals surface area contributed by atoms with Crippen LogP contribution in [0.5, 0.6) is 0 Å². The second-order valence-corrected chi connectivity index (χ2v) is 26.1. The Labute approximate surface area is 568 Å². The van der Waals surface area contributed by atoms with E-state index in [4.69, 9.17) is 0 Å². The average molecular weight is 1470 g/mol. The lowest BCUT2D eigenvalue weighted by Crippen LogP contribution is -2.75. The van der Waals surface area contributed by atoms with E-state index < -0.39 is 206 Å². The van der Waals surface area contributed by atoms with Crippen molar-refractivity contribution in [3.05, 3.63) is 287 Å². The van der Waals surface area contributed by atoms with Gasteiger partial charge in [-0.1, -0.05) is 164 Å². The Bertz CT molecular complexity index is 4870. The van der Waals surface area contributed by atoms with E-state index in [0.29, 0.717) is 5.75 Å². The van der Waals surface area contributed by atoms with Gasteiger partial charge < -0.3 is 0 Å². The number of carbonyl (C=O) groups is 1. The van der Waals surface area contributed by atoms with Crippen molar-refractivity contribution in [2.45, 2.75) is 59.2 Å². The number of carbonyl (C=O) groups excluding carboxylic acids is 1. The molecule has 0 spiro atoms. The molecule has 0 aliphatic heterocycles. The molecule has 0 aromatic heterocycles. The summed E-state index contributed by atoms with van der Waals surface area (Å²) in [6, 6.07) is 49.5. The number of halogens is 24. The maximum absolute atomic E-state index is 14.4. The molecular formula is C76H41BF24OS. The van der Waals surface area contributed by atoms with Gasteiger partial charge in [0.1, 0.15) is 6.15 Å². The molecule has 1 nitrogen and oxygen atoms in total. The minimum absolute atomic E-state index is 0.160. The number of rotatable bonds is 9.